The van der Waals surface area contributed by atoms with E-state index in [1.54, 1.807) is 31.6 Å². The van der Waals surface area contributed by atoms with Crippen molar-refractivity contribution in [3.8, 4) is 11.5 Å². The van der Waals surface area contributed by atoms with Crippen LogP contribution in [0.2, 0.25) is 0 Å². The van der Waals surface area contributed by atoms with Gasteiger partial charge in [-0.05, 0) is 79.9 Å². The molecule has 9 heteroatoms. The molecule has 4 rings (SSSR count). The summed E-state index contributed by atoms with van der Waals surface area (Å²) in [6.07, 6.45) is 1.77. The fourth-order valence-electron chi connectivity index (χ4n) is 4.18. The normalized spacial score (nSPS) is 15.5. The molecule has 194 valence electrons. The van der Waals surface area contributed by atoms with Gasteiger partial charge in [-0.2, -0.15) is 0 Å². The second-order valence-electron chi connectivity index (χ2n) is 8.91. The van der Waals surface area contributed by atoms with E-state index in [0.717, 1.165) is 21.2 Å². The highest BCUT2D eigenvalue weighted by Crippen LogP contribution is 2.37. The Hall–Kier alpha value is -3.17. The van der Waals surface area contributed by atoms with E-state index >= 15 is 0 Å². The Balaban J connectivity index is 1.91. The van der Waals surface area contributed by atoms with E-state index < -0.39 is 12.0 Å². The zero-order valence-corrected chi connectivity index (χ0v) is 24.0. The zero-order chi connectivity index (χ0) is 26.9. The quantitative estimate of drug-likeness (QED) is 0.377. The van der Waals surface area contributed by atoms with Crippen LogP contribution in [0.15, 0.2) is 61.9 Å². The molecule has 1 atom stereocenters. The molecular weight excluding hydrogens is 556 g/mol. The molecule has 0 aliphatic carbocycles. The summed E-state index contributed by atoms with van der Waals surface area (Å²) < 4.78 is 19.6. The first-order valence-corrected chi connectivity index (χ1v) is 13.6. The van der Waals surface area contributed by atoms with Crippen molar-refractivity contribution in [3.63, 3.8) is 0 Å². The maximum Gasteiger partial charge on any atom is 0.338 e. The van der Waals surface area contributed by atoms with Crippen LogP contribution in [0, 0.1) is 6.92 Å². The second-order valence-corrected chi connectivity index (χ2v) is 10.8. The van der Waals surface area contributed by atoms with Gasteiger partial charge in [0.15, 0.2) is 16.3 Å². The summed E-state index contributed by atoms with van der Waals surface area (Å²) in [5, 5.41) is 0. The van der Waals surface area contributed by atoms with E-state index in [0.29, 0.717) is 32.1 Å². The molecule has 1 aliphatic rings. The summed E-state index contributed by atoms with van der Waals surface area (Å²) in [7, 11) is 1.58. The van der Waals surface area contributed by atoms with Crippen molar-refractivity contribution in [1.82, 2.24) is 4.57 Å². The number of allylic oxidation sites excluding steroid dienone is 1. The Labute approximate surface area is 227 Å². The van der Waals surface area contributed by atoms with Crippen molar-refractivity contribution in [2.24, 2.45) is 4.99 Å². The predicted molar refractivity (Wildman–Crippen MR) is 148 cm³/mol. The van der Waals surface area contributed by atoms with Crippen molar-refractivity contribution in [2.45, 2.75) is 46.8 Å². The molecule has 0 saturated heterocycles. The molecule has 1 aromatic heterocycles. The number of benzene rings is 2. The van der Waals surface area contributed by atoms with Crippen LogP contribution in [0.3, 0.4) is 0 Å². The predicted octanol–water partition coefficient (Wildman–Crippen LogP) is 4.67. The van der Waals surface area contributed by atoms with E-state index in [1.165, 1.54) is 11.3 Å². The maximum atomic E-state index is 13.8. The molecule has 2 heterocycles. The Morgan fingerprint density at radius 2 is 1.92 bits per heavy atom. The first-order valence-electron chi connectivity index (χ1n) is 11.9. The summed E-state index contributed by atoms with van der Waals surface area (Å²) in [5.41, 5.74) is 3.33. The summed E-state index contributed by atoms with van der Waals surface area (Å²) in [4.78, 5) is 32.0. The average molecular weight is 586 g/mol. The number of fused-ring (bicyclic) bond motifs is 1. The number of rotatable bonds is 7. The number of ether oxygens (including phenoxy) is 3. The van der Waals surface area contributed by atoms with Gasteiger partial charge >= 0.3 is 5.97 Å². The van der Waals surface area contributed by atoms with Gasteiger partial charge in [-0.15, -0.1) is 0 Å². The van der Waals surface area contributed by atoms with Crippen molar-refractivity contribution < 1.29 is 19.0 Å². The third kappa shape index (κ3) is 5.43. The highest BCUT2D eigenvalue weighted by Gasteiger charge is 2.33. The van der Waals surface area contributed by atoms with Gasteiger partial charge in [-0.3, -0.25) is 9.36 Å². The van der Waals surface area contributed by atoms with Gasteiger partial charge in [0.25, 0.3) is 5.56 Å². The van der Waals surface area contributed by atoms with Crippen LogP contribution in [0.25, 0.3) is 6.08 Å². The van der Waals surface area contributed by atoms with Crippen molar-refractivity contribution >= 4 is 39.3 Å². The number of thiazole rings is 1. The number of carbonyl (C=O) groups is 1. The highest BCUT2D eigenvalue weighted by atomic mass is 79.9. The zero-order valence-electron chi connectivity index (χ0n) is 21.6. The van der Waals surface area contributed by atoms with Crippen LogP contribution in [-0.2, 0) is 9.53 Å². The molecule has 7 nitrogen and oxygen atoms in total. The van der Waals surface area contributed by atoms with E-state index in [4.69, 9.17) is 14.2 Å². The minimum atomic E-state index is -0.638. The average Bonchev–Trinajstić information content (AvgIpc) is 3.14. The third-order valence-electron chi connectivity index (χ3n) is 5.81. The van der Waals surface area contributed by atoms with Gasteiger partial charge in [0.1, 0.15) is 0 Å². The monoisotopic (exact) mass is 584 g/mol. The van der Waals surface area contributed by atoms with E-state index in [1.807, 2.05) is 57.2 Å². The van der Waals surface area contributed by atoms with E-state index in [2.05, 4.69) is 20.9 Å². The van der Waals surface area contributed by atoms with Gasteiger partial charge in [0.2, 0.25) is 0 Å². The summed E-state index contributed by atoms with van der Waals surface area (Å²) >= 11 is 4.84. The topological polar surface area (TPSA) is 79.1 Å². The fraction of sp³-hybridized carbons (Fsp3) is 0.321. The molecule has 2 aromatic carbocycles. The summed E-state index contributed by atoms with van der Waals surface area (Å²) in [6.45, 7) is 9.64. The van der Waals surface area contributed by atoms with Crippen LogP contribution in [-0.4, -0.2) is 30.4 Å². The minimum Gasteiger partial charge on any atom is -0.493 e. The maximum absolute atomic E-state index is 13.8. The molecule has 0 radical (unpaired) electrons. The smallest absolute Gasteiger partial charge is 0.338 e. The third-order valence-corrected chi connectivity index (χ3v) is 7.39. The summed E-state index contributed by atoms with van der Waals surface area (Å²) in [5.74, 6) is 0.684. The molecule has 3 aromatic rings. The van der Waals surface area contributed by atoms with Gasteiger partial charge in [-0.25, -0.2) is 9.79 Å². The van der Waals surface area contributed by atoms with Crippen LogP contribution >= 0.6 is 27.3 Å². The number of carbonyl (C=O) groups excluding carboxylic acids is 1. The first kappa shape index (κ1) is 26.9. The largest absolute Gasteiger partial charge is 0.493 e. The number of esters is 1. The molecule has 0 fully saturated rings. The lowest BCUT2D eigenvalue weighted by Gasteiger charge is -2.24. The standard InChI is InChI=1S/C28H29BrN2O5S/c1-7-35-27(33)23-17(5)30-28-31(24(23)19-10-8-16(4)9-11-19)26(32)22(37-28)14-18-12-20(29)25(36-15(2)3)21(13-18)34-6/h8-15,24H,7H2,1-6H3/b22-14-/t24-/m0/s1. The number of aromatic nitrogens is 1. The molecule has 0 saturated carbocycles. The molecule has 0 N–H and O–H groups in total. The lowest BCUT2D eigenvalue weighted by Crippen LogP contribution is -2.39. The van der Waals surface area contributed by atoms with Gasteiger partial charge in [0.05, 0.1) is 46.1 Å². The Morgan fingerprint density at radius 1 is 1.22 bits per heavy atom. The van der Waals surface area contributed by atoms with Gasteiger partial charge < -0.3 is 14.2 Å². The van der Waals surface area contributed by atoms with Crippen molar-refractivity contribution in [3.05, 3.63) is 88.5 Å². The fourth-order valence-corrected chi connectivity index (χ4v) is 5.78. The molecule has 0 amide bonds. The number of hydrogen-bond donors (Lipinski definition) is 0. The number of methoxy groups -OCH3 is 1. The van der Waals surface area contributed by atoms with E-state index in [9.17, 15) is 9.59 Å². The lowest BCUT2D eigenvalue weighted by atomic mass is 9.95. The molecule has 0 spiro atoms. The first-order chi connectivity index (χ1) is 17.6. The summed E-state index contributed by atoms with van der Waals surface area (Å²) in [6, 6.07) is 10.9. The van der Waals surface area contributed by atoms with Crippen LogP contribution in [0.1, 0.15) is 50.4 Å². The van der Waals surface area contributed by atoms with Crippen LogP contribution in [0.5, 0.6) is 11.5 Å². The number of nitrogens with zero attached hydrogens (tertiary/aromatic N) is 2. The molecule has 37 heavy (non-hydrogen) atoms. The van der Waals surface area contributed by atoms with Gasteiger partial charge in [0, 0.05) is 0 Å². The number of aryl methyl sites for hydroxylation is 1. The molecular formula is C28H29BrN2O5S. The molecule has 0 unspecified atom stereocenters. The van der Waals surface area contributed by atoms with E-state index in [-0.39, 0.29) is 18.3 Å². The van der Waals surface area contributed by atoms with Gasteiger partial charge in [-0.1, -0.05) is 41.2 Å². The Bertz CT molecular complexity index is 1550. The highest BCUT2D eigenvalue weighted by molar-refractivity contribution is 9.10. The Kier molecular flexibility index (Phi) is 8.04. The SMILES string of the molecule is CCOC(=O)C1=C(C)N=c2s/c(=C\c3cc(Br)c(OC(C)C)c(OC)c3)c(=O)n2[C@H]1c1ccc(C)cc1. The molecule has 0 bridgehead atoms. The van der Waals surface area contributed by atoms with Crippen LogP contribution < -0.4 is 24.4 Å². The van der Waals surface area contributed by atoms with Crippen LogP contribution in [0.4, 0.5) is 0 Å². The molecule has 1 aliphatic heterocycles. The minimum absolute atomic E-state index is 0.0293. The lowest BCUT2D eigenvalue weighted by molar-refractivity contribution is -0.139. The second kappa shape index (κ2) is 11.1. The van der Waals surface area contributed by atoms with Crippen molar-refractivity contribution in [2.75, 3.05) is 13.7 Å². The van der Waals surface area contributed by atoms with Crippen molar-refractivity contribution in [1.29, 1.82) is 0 Å². The Morgan fingerprint density at radius 3 is 2.54 bits per heavy atom. The number of halogens is 1. The number of hydrogen-bond acceptors (Lipinski definition) is 7.